The van der Waals surface area contributed by atoms with Gasteiger partial charge in [0.2, 0.25) is 0 Å². The minimum absolute atomic E-state index is 0.782. The Morgan fingerprint density at radius 2 is 2.39 bits per heavy atom. The molecule has 0 unspecified atom stereocenters. The van der Waals surface area contributed by atoms with Crippen LogP contribution in [0.4, 0.5) is 0 Å². The van der Waals surface area contributed by atoms with Gasteiger partial charge in [0.05, 0.1) is 0 Å². The average molecular weight is 265 g/mol. The fourth-order valence-electron chi connectivity index (χ4n) is 2.05. The van der Waals surface area contributed by atoms with E-state index >= 15 is 0 Å². The molecule has 1 saturated carbocycles. The van der Waals surface area contributed by atoms with Gasteiger partial charge in [0.1, 0.15) is 0 Å². The topological polar surface area (TPSA) is 40.5 Å². The molecule has 1 heterocycles. The predicted molar refractivity (Wildman–Crippen MR) is 74.7 cm³/mol. The van der Waals surface area contributed by atoms with Gasteiger partial charge in [0.15, 0.2) is 0 Å². The van der Waals surface area contributed by atoms with E-state index in [4.69, 9.17) is 5.11 Å². The number of thiophene rings is 1. The Morgan fingerprint density at radius 1 is 1.61 bits per heavy atom. The number of hydrogen-bond acceptors (Lipinski definition) is 3. The molecule has 0 amide bonds. The van der Waals surface area contributed by atoms with E-state index in [1.165, 1.54) is 30.2 Å². The highest BCUT2D eigenvalue weighted by Crippen LogP contribution is 2.29. The second kappa shape index (κ2) is 6.16. The van der Waals surface area contributed by atoms with E-state index in [0.29, 0.717) is 0 Å². The minimum Gasteiger partial charge on any atom is -0.478 e. The standard InChI is InChI=1S/C14H19NO2S/c1-2-7-15(12-4-5-12)9-13-8-11(10-18-13)3-6-14(16)17/h3,6,8,10,12H,2,4-5,7,9H2,1H3,(H,16,17). The third-order valence-corrected chi connectivity index (χ3v) is 3.97. The highest BCUT2D eigenvalue weighted by Gasteiger charge is 2.28. The molecule has 1 aliphatic rings. The molecule has 1 fully saturated rings. The second-order valence-electron chi connectivity index (χ2n) is 4.72. The van der Waals surface area contributed by atoms with Gasteiger partial charge in [-0.25, -0.2) is 4.79 Å². The molecule has 4 heteroatoms. The summed E-state index contributed by atoms with van der Waals surface area (Å²) in [6.07, 6.45) is 6.70. The highest BCUT2D eigenvalue weighted by molar-refractivity contribution is 7.10. The summed E-state index contributed by atoms with van der Waals surface area (Å²) in [7, 11) is 0. The Labute approximate surface area is 112 Å². The SMILES string of the molecule is CCCN(Cc1cc(C=CC(=O)O)cs1)C1CC1. The summed E-state index contributed by atoms with van der Waals surface area (Å²) >= 11 is 1.71. The first-order chi connectivity index (χ1) is 8.69. The van der Waals surface area contributed by atoms with Crippen LogP contribution in [0.1, 0.15) is 36.6 Å². The zero-order valence-electron chi connectivity index (χ0n) is 10.6. The van der Waals surface area contributed by atoms with Crippen LogP contribution >= 0.6 is 11.3 Å². The van der Waals surface area contributed by atoms with Crippen molar-refractivity contribution in [3.8, 4) is 0 Å². The molecular formula is C14H19NO2S. The smallest absolute Gasteiger partial charge is 0.328 e. The van der Waals surface area contributed by atoms with E-state index in [0.717, 1.165) is 24.7 Å². The lowest BCUT2D eigenvalue weighted by Gasteiger charge is -2.20. The summed E-state index contributed by atoms with van der Waals surface area (Å²) in [5.74, 6) is -0.895. The molecule has 0 saturated heterocycles. The van der Waals surface area contributed by atoms with Crippen molar-refractivity contribution in [2.45, 2.75) is 38.8 Å². The van der Waals surface area contributed by atoms with Gasteiger partial charge in [-0.05, 0) is 48.9 Å². The Balaban J connectivity index is 1.94. The summed E-state index contributed by atoms with van der Waals surface area (Å²) < 4.78 is 0. The van der Waals surface area contributed by atoms with Crippen molar-refractivity contribution in [1.82, 2.24) is 4.90 Å². The van der Waals surface area contributed by atoms with Crippen molar-refractivity contribution in [2.75, 3.05) is 6.54 Å². The Kier molecular flexibility index (Phi) is 4.55. The van der Waals surface area contributed by atoms with E-state index in [1.807, 2.05) is 5.38 Å². The van der Waals surface area contributed by atoms with Gasteiger partial charge in [0.25, 0.3) is 0 Å². The van der Waals surface area contributed by atoms with Crippen LogP contribution in [-0.2, 0) is 11.3 Å². The van der Waals surface area contributed by atoms with Crippen molar-refractivity contribution in [3.63, 3.8) is 0 Å². The quantitative estimate of drug-likeness (QED) is 0.770. The number of rotatable bonds is 7. The first kappa shape index (κ1) is 13.3. The summed E-state index contributed by atoms with van der Waals surface area (Å²) in [6, 6.07) is 2.87. The summed E-state index contributed by atoms with van der Waals surface area (Å²) in [6.45, 7) is 4.37. The molecule has 1 aromatic rings. The van der Waals surface area contributed by atoms with Gasteiger partial charge in [-0.2, -0.15) is 0 Å². The normalized spacial score (nSPS) is 15.7. The molecule has 1 aromatic heterocycles. The number of hydrogen-bond donors (Lipinski definition) is 1. The van der Waals surface area contributed by atoms with Gasteiger partial charge in [0, 0.05) is 23.5 Å². The summed E-state index contributed by atoms with van der Waals surface area (Å²) in [4.78, 5) is 14.3. The molecule has 1 aliphatic carbocycles. The van der Waals surface area contributed by atoms with Crippen molar-refractivity contribution in [3.05, 3.63) is 28.0 Å². The first-order valence-corrected chi connectivity index (χ1v) is 7.29. The largest absolute Gasteiger partial charge is 0.478 e. The maximum absolute atomic E-state index is 10.4. The Bertz CT molecular complexity index is 435. The molecule has 0 spiro atoms. The molecule has 3 nitrogen and oxygen atoms in total. The van der Waals surface area contributed by atoms with Crippen LogP contribution in [0.25, 0.3) is 6.08 Å². The van der Waals surface area contributed by atoms with Crippen LogP contribution in [0.15, 0.2) is 17.5 Å². The fourth-order valence-corrected chi connectivity index (χ4v) is 2.93. The third kappa shape index (κ3) is 3.96. The Hall–Kier alpha value is -1.13. The van der Waals surface area contributed by atoms with Crippen molar-refractivity contribution in [2.24, 2.45) is 0 Å². The van der Waals surface area contributed by atoms with E-state index in [-0.39, 0.29) is 0 Å². The maximum Gasteiger partial charge on any atom is 0.328 e. The minimum atomic E-state index is -0.895. The second-order valence-corrected chi connectivity index (χ2v) is 5.72. The van der Waals surface area contributed by atoms with Gasteiger partial charge in [-0.1, -0.05) is 6.92 Å². The molecule has 0 atom stereocenters. The van der Waals surface area contributed by atoms with Crippen LogP contribution in [0.3, 0.4) is 0 Å². The molecule has 0 aromatic carbocycles. The van der Waals surface area contributed by atoms with Crippen LogP contribution < -0.4 is 0 Å². The van der Waals surface area contributed by atoms with Crippen molar-refractivity contribution < 1.29 is 9.90 Å². The van der Waals surface area contributed by atoms with Crippen molar-refractivity contribution in [1.29, 1.82) is 0 Å². The number of carboxylic acid groups (broad SMARTS) is 1. The molecule has 2 rings (SSSR count). The number of nitrogens with zero attached hydrogens (tertiary/aromatic N) is 1. The Morgan fingerprint density at radius 3 is 3.00 bits per heavy atom. The number of carbonyl (C=O) groups is 1. The lowest BCUT2D eigenvalue weighted by molar-refractivity contribution is -0.131. The van der Waals surface area contributed by atoms with Crippen LogP contribution in [0, 0.1) is 0 Å². The predicted octanol–water partition coefficient (Wildman–Crippen LogP) is 3.22. The molecule has 0 radical (unpaired) electrons. The van der Waals surface area contributed by atoms with Gasteiger partial charge in [-0.15, -0.1) is 11.3 Å². The van der Waals surface area contributed by atoms with Crippen LogP contribution in [0.2, 0.25) is 0 Å². The molecule has 98 valence electrons. The van der Waals surface area contributed by atoms with Crippen LogP contribution in [0.5, 0.6) is 0 Å². The van der Waals surface area contributed by atoms with E-state index in [9.17, 15) is 4.79 Å². The fraction of sp³-hybridized carbons (Fsp3) is 0.500. The van der Waals surface area contributed by atoms with E-state index in [1.54, 1.807) is 17.4 Å². The zero-order valence-corrected chi connectivity index (χ0v) is 11.4. The molecule has 18 heavy (non-hydrogen) atoms. The zero-order chi connectivity index (χ0) is 13.0. The highest BCUT2D eigenvalue weighted by atomic mass is 32.1. The maximum atomic E-state index is 10.4. The van der Waals surface area contributed by atoms with E-state index in [2.05, 4.69) is 17.9 Å². The van der Waals surface area contributed by atoms with Crippen LogP contribution in [-0.4, -0.2) is 28.6 Å². The van der Waals surface area contributed by atoms with Gasteiger partial charge in [-0.3, -0.25) is 4.90 Å². The first-order valence-electron chi connectivity index (χ1n) is 6.41. The van der Waals surface area contributed by atoms with Gasteiger partial charge >= 0.3 is 5.97 Å². The van der Waals surface area contributed by atoms with Gasteiger partial charge < -0.3 is 5.11 Å². The number of carboxylic acids is 1. The molecule has 1 N–H and O–H groups in total. The monoisotopic (exact) mass is 265 g/mol. The summed E-state index contributed by atoms with van der Waals surface area (Å²) in [5.41, 5.74) is 0.990. The van der Waals surface area contributed by atoms with Crippen molar-refractivity contribution >= 4 is 23.4 Å². The molecular weight excluding hydrogens is 246 g/mol. The molecule has 0 bridgehead atoms. The lowest BCUT2D eigenvalue weighted by Crippen LogP contribution is -2.25. The van der Waals surface area contributed by atoms with E-state index < -0.39 is 5.97 Å². The lowest BCUT2D eigenvalue weighted by atomic mass is 10.2. The molecule has 0 aliphatic heterocycles. The third-order valence-electron chi connectivity index (χ3n) is 3.03. The number of aliphatic carboxylic acids is 1. The average Bonchev–Trinajstić information content (AvgIpc) is 3.08. The summed E-state index contributed by atoms with van der Waals surface area (Å²) in [5, 5.41) is 10.6.